The maximum Gasteiger partial charge on any atom is 0.332 e. The van der Waals surface area contributed by atoms with Crippen molar-refractivity contribution in [1.82, 2.24) is 0 Å². The Labute approximate surface area is 90.0 Å². The first kappa shape index (κ1) is 16.5. The van der Waals surface area contributed by atoms with Gasteiger partial charge in [-0.2, -0.15) is 0 Å². The van der Waals surface area contributed by atoms with Gasteiger partial charge in [0.1, 0.15) is 0 Å². The van der Waals surface area contributed by atoms with Crippen LogP contribution in [0.15, 0.2) is 12.7 Å². The molecule has 0 heterocycles. The van der Waals surface area contributed by atoms with Gasteiger partial charge in [-0.05, 0) is 6.92 Å². The minimum Gasteiger partial charge on any atom is -0.433 e. The van der Waals surface area contributed by atoms with E-state index in [1.54, 1.807) is 13.8 Å². The zero-order valence-electron chi connectivity index (χ0n) is 9.43. The summed E-state index contributed by atoms with van der Waals surface area (Å²) in [4.78, 5) is 10.1. The molecule has 0 amide bonds. The predicted molar refractivity (Wildman–Crippen MR) is 55.9 cm³/mol. The number of carbonyl (C=O) groups is 1. The van der Waals surface area contributed by atoms with Crippen LogP contribution in [-0.2, 0) is 9.53 Å². The Kier molecular flexibility index (Phi) is 9.25. The molecule has 0 aromatic heterocycles. The number of aliphatic hydroxyl groups is 3. The standard InChI is InChI=1S/C5H8O3.C5H12O2/c1-3-5(7)8-4(2)6;1-5(2,3-6)4-7/h3-4,6H,1H2,2H3;6-7H,3-4H2,1-2H3. The summed E-state index contributed by atoms with van der Waals surface area (Å²) in [5.74, 6) is -0.611. The molecule has 0 aliphatic heterocycles. The number of ether oxygens (including phenoxy) is 1. The molecule has 0 aromatic rings. The van der Waals surface area contributed by atoms with Gasteiger partial charge in [0.2, 0.25) is 0 Å². The van der Waals surface area contributed by atoms with Crippen LogP contribution in [0.25, 0.3) is 0 Å². The number of hydrogen-bond donors (Lipinski definition) is 3. The SMILES string of the molecule is C=CC(=O)OC(C)O.CC(C)(CO)CO. The molecule has 0 spiro atoms. The monoisotopic (exact) mass is 220 g/mol. The van der Waals surface area contributed by atoms with E-state index in [4.69, 9.17) is 15.3 Å². The van der Waals surface area contributed by atoms with Gasteiger partial charge in [0.05, 0.1) is 13.2 Å². The van der Waals surface area contributed by atoms with Crippen LogP contribution in [0.1, 0.15) is 20.8 Å². The van der Waals surface area contributed by atoms with Gasteiger partial charge in [-0.15, -0.1) is 0 Å². The number of hydrogen-bond acceptors (Lipinski definition) is 5. The third-order valence-corrected chi connectivity index (χ3v) is 1.31. The molecule has 0 fully saturated rings. The van der Waals surface area contributed by atoms with Gasteiger partial charge in [-0.1, -0.05) is 20.4 Å². The van der Waals surface area contributed by atoms with E-state index in [1.165, 1.54) is 6.92 Å². The van der Waals surface area contributed by atoms with Gasteiger partial charge in [0, 0.05) is 11.5 Å². The highest BCUT2D eigenvalue weighted by molar-refractivity contribution is 5.81. The van der Waals surface area contributed by atoms with E-state index in [1.807, 2.05) is 0 Å². The van der Waals surface area contributed by atoms with Crippen molar-refractivity contribution < 1.29 is 24.9 Å². The highest BCUT2D eigenvalue weighted by Gasteiger charge is 2.13. The fraction of sp³-hybridized carbons (Fsp3) is 0.700. The second-order valence-corrected chi connectivity index (χ2v) is 3.72. The molecule has 5 heteroatoms. The quantitative estimate of drug-likeness (QED) is 0.354. The second kappa shape index (κ2) is 8.40. The molecular formula is C10H20O5. The first-order valence-electron chi connectivity index (χ1n) is 4.52. The molecule has 0 saturated heterocycles. The molecule has 0 aliphatic carbocycles. The van der Waals surface area contributed by atoms with E-state index in [9.17, 15) is 4.79 Å². The first-order valence-corrected chi connectivity index (χ1v) is 4.52. The highest BCUT2D eigenvalue weighted by atomic mass is 16.6. The topological polar surface area (TPSA) is 87.0 Å². The number of carbonyl (C=O) groups excluding carboxylic acids is 1. The van der Waals surface area contributed by atoms with Crippen molar-refractivity contribution in [1.29, 1.82) is 0 Å². The van der Waals surface area contributed by atoms with Crippen LogP contribution >= 0.6 is 0 Å². The number of rotatable bonds is 4. The van der Waals surface area contributed by atoms with Crippen LogP contribution in [0, 0.1) is 5.41 Å². The first-order chi connectivity index (χ1) is 6.79. The van der Waals surface area contributed by atoms with Crippen LogP contribution < -0.4 is 0 Å². The fourth-order valence-electron chi connectivity index (χ4n) is 0.266. The Morgan fingerprint density at radius 1 is 1.47 bits per heavy atom. The lowest BCUT2D eigenvalue weighted by atomic mass is 9.97. The van der Waals surface area contributed by atoms with Crippen molar-refractivity contribution in [3.63, 3.8) is 0 Å². The normalized spacial score (nSPS) is 12.1. The molecular weight excluding hydrogens is 200 g/mol. The van der Waals surface area contributed by atoms with E-state index in [0.29, 0.717) is 0 Å². The minimum atomic E-state index is -1.04. The van der Waals surface area contributed by atoms with E-state index in [2.05, 4.69) is 11.3 Å². The summed E-state index contributed by atoms with van der Waals surface area (Å²) in [6.07, 6.45) is -0.0484. The molecule has 15 heavy (non-hydrogen) atoms. The summed E-state index contributed by atoms with van der Waals surface area (Å²) in [6.45, 7) is 8.16. The summed E-state index contributed by atoms with van der Waals surface area (Å²) in [7, 11) is 0. The second-order valence-electron chi connectivity index (χ2n) is 3.72. The molecule has 0 rings (SSSR count). The zero-order valence-corrected chi connectivity index (χ0v) is 9.43. The van der Waals surface area contributed by atoms with E-state index >= 15 is 0 Å². The van der Waals surface area contributed by atoms with Crippen LogP contribution in [0.5, 0.6) is 0 Å². The molecule has 0 bridgehead atoms. The lowest BCUT2D eigenvalue weighted by Crippen LogP contribution is -2.20. The zero-order chi connectivity index (χ0) is 12.5. The summed E-state index contributed by atoms with van der Waals surface area (Å²) in [5.41, 5.74) is -0.306. The molecule has 0 aliphatic rings. The van der Waals surface area contributed by atoms with Gasteiger partial charge in [-0.25, -0.2) is 4.79 Å². The lowest BCUT2D eigenvalue weighted by Gasteiger charge is -2.16. The Morgan fingerprint density at radius 3 is 1.93 bits per heavy atom. The Balaban J connectivity index is 0. The lowest BCUT2D eigenvalue weighted by molar-refractivity contribution is -0.158. The van der Waals surface area contributed by atoms with Crippen molar-refractivity contribution >= 4 is 5.97 Å². The summed E-state index contributed by atoms with van der Waals surface area (Å²) in [5, 5.41) is 25.2. The maximum absolute atomic E-state index is 10.1. The summed E-state index contributed by atoms with van der Waals surface area (Å²) in [6, 6.07) is 0. The summed E-state index contributed by atoms with van der Waals surface area (Å²) < 4.78 is 4.20. The van der Waals surface area contributed by atoms with Crippen molar-refractivity contribution in [3.8, 4) is 0 Å². The molecule has 90 valence electrons. The van der Waals surface area contributed by atoms with Crippen LogP contribution in [0.4, 0.5) is 0 Å². The smallest absolute Gasteiger partial charge is 0.332 e. The van der Waals surface area contributed by atoms with Gasteiger partial charge in [0.25, 0.3) is 0 Å². The van der Waals surface area contributed by atoms with E-state index in [0.717, 1.165) is 6.08 Å². The van der Waals surface area contributed by atoms with Crippen LogP contribution in [0.2, 0.25) is 0 Å². The Bertz CT molecular complexity index is 180. The molecule has 0 radical (unpaired) electrons. The van der Waals surface area contributed by atoms with Crippen molar-refractivity contribution in [2.24, 2.45) is 5.41 Å². The van der Waals surface area contributed by atoms with E-state index in [-0.39, 0.29) is 18.6 Å². The minimum absolute atomic E-state index is 0.0451. The van der Waals surface area contributed by atoms with Crippen molar-refractivity contribution in [3.05, 3.63) is 12.7 Å². The van der Waals surface area contributed by atoms with Gasteiger partial charge < -0.3 is 20.1 Å². The number of esters is 1. The van der Waals surface area contributed by atoms with Crippen LogP contribution in [-0.4, -0.2) is 40.8 Å². The molecule has 3 N–H and O–H groups in total. The molecule has 1 unspecified atom stereocenters. The summed E-state index contributed by atoms with van der Waals surface area (Å²) >= 11 is 0. The maximum atomic E-state index is 10.1. The Hall–Kier alpha value is -0.910. The van der Waals surface area contributed by atoms with E-state index < -0.39 is 12.3 Å². The highest BCUT2D eigenvalue weighted by Crippen LogP contribution is 2.10. The van der Waals surface area contributed by atoms with Gasteiger partial charge in [0.15, 0.2) is 6.29 Å². The van der Waals surface area contributed by atoms with Crippen molar-refractivity contribution in [2.75, 3.05) is 13.2 Å². The third-order valence-electron chi connectivity index (χ3n) is 1.31. The largest absolute Gasteiger partial charge is 0.433 e. The molecule has 0 aromatic carbocycles. The van der Waals surface area contributed by atoms with Crippen LogP contribution in [0.3, 0.4) is 0 Å². The van der Waals surface area contributed by atoms with Gasteiger partial charge in [-0.3, -0.25) is 0 Å². The fourth-order valence-corrected chi connectivity index (χ4v) is 0.266. The number of aliphatic hydroxyl groups excluding tert-OH is 3. The Morgan fingerprint density at radius 2 is 1.87 bits per heavy atom. The molecule has 0 saturated carbocycles. The predicted octanol–water partition coefficient (Wildman–Crippen LogP) is 0.0511. The van der Waals surface area contributed by atoms with Crippen molar-refractivity contribution in [2.45, 2.75) is 27.1 Å². The molecule has 1 atom stereocenters. The average molecular weight is 220 g/mol. The third kappa shape index (κ3) is 13.1. The molecule has 5 nitrogen and oxygen atoms in total. The average Bonchev–Trinajstić information content (AvgIpc) is 2.18. The van der Waals surface area contributed by atoms with Gasteiger partial charge >= 0.3 is 5.97 Å².